The monoisotopic (exact) mass is 540 g/mol. The van der Waals surface area contributed by atoms with Gasteiger partial charge < -0.3 is 19.4 Å². The average molecular weight is 541 g/mol. The fourth-order valence-corrected chi connectivity index (χ4v) is 4.71. The van der Waals surface area contributed by atoms with Crippen LogP contribution in [0.3, 0.4) is 0 Å². The minimum atomic E-state index is -4.45. The van der Waals surface area contributed by atoms with Gasteiger partial charge in [-0.25, -0.2) is 5.01 Å². The fourth-order valence-electron chi connectivity index (χ4n) is 3.94. The third-order valence-corrected chi connectivity index (χ3v) is 6.64. The molecule has 0 aliphatic rings. The number of nitrogens with zero attached hydrogens (tertiary/aromatic N) is 2. The van der Waals surface area contributed by atoms with E-state index >= 15 is 0 Å². The van der Waals surface area contributed by atoms with E-state index in [-0.39, 0.29) is 31.8 Å². The lowest BCUT2D eigenvalue weighted by atomic mass is 10.0. The zero-order valence-corrected chi connectivity index (χ0v) is 22.8. The van der Waals surface area contributed by atoms with Crippen molar-refractivity contribution in [1.29, 1.82) is 0 Å². The van der Waals surface area contributed by atoms with Crippen molar-refractivity contribution in [3.05, 3.63) is 36.0 Å². The van der Waals surface area contributed by atoms with Gasteiger partial charge in [0.25, 0.3) is 10.1 Å². The molecule has 12 heteroatoms. The minimum absolute atomic E-state index is 0.116. The van der Waals surface area contributed by atoms with E-state index < -0.39 is 27.7 Å². The molecule has 0 unspecified atom stereocenters. The highest BCUT2D eigenvalue weighted by atomic mass is 32.2. The van der Waals surface area contributed by atoms with Gasteiger partial charge in [-0.15, -0.1) is 0 Å². The molecule has 0 saturated heterocycles. The summed E-state index contributed by atoms with van der Waals surface area (Å²) in [5, 5.41) is 5.56. The summed E-state index contributed by atoms with van der Waals surface area (Å²) in [6.45, 7) is 4.86. The Labute approximate surface area is 219 Å². The number of ether oxygens (including phenoxy) is 2. The Hall–Kier alpha value is -2.35. The first kappa shape index (κ1) is 30.9. The lowest BCUT2D eigenvalue weighted by Gasteiger charge is -2.18. The van der Waals surface area contributed by atoms with E-state index in [1.54, 1.807) is 0 Å². The summed E-state index contributed by atoms with van der Waals surface area (Å²) in [4.78, 5) is 25.4. The van der Waals surface area contributed by atoms with Crippen LogP contribution in [0.2, 0.25) is 0 Å². The first-order chi connectivity index (χ1) is 17.6. The van der Waals surface area contributed by atoms with Crippen molar-refractivity contribution < 1.29 is 32.0 Å². The number of hydrazine groups is 1. The van der Waals surface area contributed by atoms with E-state index in [2.05, 4.69) is 21.4 Å². The summed E-state index contributed by atoms with van der Waals surface area (Å²) < 4.78 is 45.1. The number of hydrogen-bond donors (Lipinski definition) is 3. The molecule has 37 heavy (non-hydrogen) atoms. The molecule has 1 heterocycles. The topological polar surface area (TPSA) is 139 Å². The van der Waals surface area contributed by atoms with Crippen LogP contribution in [0.15, 0.2) is 30.3 Å². The van der Waals surface area contributed by atoms with Crippen molar-refractivity contribution >= 4 is 32.7 Å². The largest absolute Gasteiger partial charge is 0.379 e. The number of hydrogen-bond acceptors (Lipinski definition) is 8. The second kappa shape index (κ2) is 15.8. The second-order valence-electron chi connectivity index (χ2n) is 8.88. The summed E-state index contributed by atoms with van der Waals surface area (Å²) in [5.74, 6) is -2.88. The van der Waals surface area contributed by atoms with Crippen LogP contribution in [0.5, 0.6) is 0 Å². The molecule has 0 saturated carbocycles. The number of rotatable bonds is 19. The Morgan fingerprint density at radius 3 is 2.51 bits per heavy atom. The van der Waals surface area contributed by atoms with Gasteiger partial charge in [0.2, 0.25) is 5.91 Å². The van der Waals surface area contributed by atoms with E-state index in [4.69, 9.17) is 9.47 Å². The van der Waals surface area contributed by atoms with Gasteiger partial charge in [-0.05, 0) is 31.0 Å². The van der Waals surface area contributed by atoms with E-state index in [0.29, 0.717) is 32.9 Å². The van der Waals surface area contributed by atoms with Crippen LogP contribution >= 0.6 is 0 Å². The molecule has 1 aromatic carbocycles. The smallest absolute Gasteiger partial charge is 0.265 e. The molecular formula is C25H40N4O7S. The van der Waals surface area contributed by atoms with Crippen molar-refractivity contribution in [1.82, 2.24) is 20.3 Å². The summed E-state index contributed by atoms with van der Waals surface area (Å²) in [6.07, 6.45) is 0.744. The number of nitrogens with one attached hydrogen (secondary N) is 2. The molecule has 1 aromatic heterocycles. The summed E-state index contributed by atoms with van der Waals surface area (Å²) in [7, 11) is -0.713. The van der Waals surface area contributed by atoms with Gasteiger partial charge in [0, 0.05) is 50.8 Å². The number of aromatic nitrogens is 1. The molecule has 1 amide bonds. The molecule has 3 N–H and O–H groups in total. The Bertz CT molecular complexity index is 1100. The van der Waals surface area contributed by atoms with Crippen LogP contribution in [0, 0.1) is 5.92 Å². The zero-order chi connectivity index (χ0) is 27.3. The Kier molecular flexibility index (Phi) is 13.2. The van der Waals surface area contributed by atoms with Crippen molar-refractivity contribution in [3.63, 3.8) is 0 Å². The summed E-state index contributed by atoms with van der Waals surface area (Å²) in [5.41, 5.74) is 5.06. The van der Waals surface area contributed by atoms with Gasteiger partial charge in [0.15, 0.2) is 0 Å². The molecule has 0 spiro atoms. The molecule has 11 nitrogen and oxygen atoms in total. The van der Waals surface area contributed by atoms with Crippen LogP contribution < -0.4 is 10.7 Å². The van der Waals surface area contributed by atoms with Crippen molar-refractivity contribution in [2.45, 2.75) is 39.3 Å². The van der Waals surface area contributed by atoms with E-state index in [0.717, 1.165) is 23.0 Å². The molecule has 0 radical (unpaired) electrons. The highest BCUT2D eigenvalue weighted by molar-refractivity contribution is 7.85. The Morgan fingerprint density at radius 2 is 1.84 bits per heavy atom. The predicted molar refractivity (Wildman–Crippen MR) is 142 cm³/mol. The quantitative estimate of drug-likeness (QED) is 0.138. The van der Waals surface area contributed by atoms with Gasteiger partial charge in [-0.2, -0.15) is 8.42 Å². The van der Waals surface area contributed by atoms with Crippen LogP contribution in [0.4, 0.5) is 0 Å². The van der Waals surface area contributed by atoms with Crippen molar-refractivity contribution in [2.24, 2.45) is 5.92 Å². The molecular weight excluding hydrogens is 500 g/mol. The van der Waals surface area contributed by atoms with Gasteiger partial charge >= 0.3 is 0 Å². The van der Waals surface area contributed by atoms with Gasteiger partial charge in [-0.1, -0.05) is 25.1 Å². The Morgan fingerprint density at radius 1 is 1.14 bits per heavy atom. The molecule has 2 rings (SSSR count). The van der Waals surface area contributed by atoms with E-state index in [9.17, 15) is 22.6 Å². The standard InChI is InChI=1S/C25H40N4O7S/c1-4-12-35-14-15-36-13-10-27-25(31)21(19-37(32,33)34)17-23(30)9-11-29-22(18-28(3)26-2)16-20-7-5-6-8-24(20)29/h5-8,16,21,26H,4,9-15,17-19H2,1-3H3,(H,27,31)(H,32,33,34)/t21-/m0/s1. The van der Waals surface area contributed by atoms with Gasteiger partial charge in [0.05, 0.1) is 38.0 Å². The van der Waals surface area contributed by atoms with Crippen LogP contribution in [0.1, 0.15) is 31.9 Å². The number of amides is 1. The third-order valence-electron chi connectivity index (χ3n) is 5.81. The lowest BCUT2D eigenvalue weighted by molar-refractivity contribution is -0.129. The molecule has 1 atom stereocenters. The van der Waals surface area contributed by atoms with Crippen LogP contribution in [-0.4, -0.2) is 87.1 Å². The van der Waals surface area contributed by atoms with Gasteiger partial charge in [-0.3, -0.25) is 19.6 Å². The Balaban J connectivity index is 1.95. The molecule has 0 aliphatic carbocycles. The number of aryl methyl sites for hydroxylation is 1. The number of ketones is 1. The van der Waals surface area contributed by atoms with Crippen molar-refractivity contribution in [3.8, 4) is 0 Å². The molecule has 0 fully saturated rings. The molecule has 208 valence electrons. The number of fused-ring (bicyclic) bond motifs is 1. The molecule has 2 aromatic rings. The van der Waals surface area contributed by atoms with Gasteiger partial charge in [0.1, 0.15) is 5.78 Å². The normalized spacial score (nSPS) is 12.8. The first-order valence-corrected chi connectivity index (χ1v) is 14.1. The second-order valence-corrected chi connectivity index (χ2v) is 10.4. The third kappa shape index (κ3) is 11.3. The fraction of sp³-hybridized carbons (Fsp3) is 0.600. The van der Waals surface area contributed by atoms with Crippen LogP contribution in [0.25, 0.3) is 10.9 Å². The zero-order valence-electron chi connectivity index (χ0n) is 21.9. The highest BCUT2D eigenvalue weighted by Gasteiger charge is 2.27. The van der Waals surface area contributed by atoms with Crippen LogP contribution in [-0.2, 0) is 42.3 Å². The summed E-state index contributed by atoms with van der Waals surface area (Å²) >= 11 is 0. The lowest BCUT2D eigenvalue weighted by Crippen LogP contribution is -2.37. The summed E-state index contributed by atoms with van der Waals surface area (Å²) in [6, 6.07) is 9.94. The first-order valence-electron chi connectivity index (χ1n) is 12.5. The predicted octanol–water partition coefficient (Wildman–Crippen LogP) is 1.62. The number of Topliss-reactive ketones (excluding diaryl/α,β-unsaturated/α-hetero) is 1. The highest BCUT2D eigenvalue weighted by Crippen LogP contribution is 2.21. The number of carbonyl (C=O) groups excluding carboxylic acids is 2. The molecule has 0 aliphatic heterocycles. The SMILES string of the molecule is CCCOCCOCCNC(=O)[C@@H](CC(=O)CCn1c(CN(C)NC)cc2ccccc21)CS(=O)(=O)O. The van der Waals surface area contributed by atoms with E-state index in [1.165, 1.54) is 0 Å². The number of carbonyl (C=O) groups is 2. The average Bonchev–Trinajstić information content (AvgIpc) is 3.19. The maximum atomic E-state index is 12.8. The maximum Gasteiger partial charge on any atom is 0.265 e. The van der Waals surface area contributed by atoms with Crippen molar-refractivity contribution in [2.75, 3.05) is 52.8 Å². The molecule has 0 bridgehead atoms. The number of para-hydroxylation sites is 1. The maximum absolute atomic E-state index is 12.8. The minimum Gasteiger partial charge on any atom is -0.379 e. The number of benzene rings is 1. The van der Waals surface area contributed by atoms with E-state index in [1.807, 2.05) is 50.3 Å².